The fourth-order valence-corrected chi connectivity index (χ4v) is 2.09. The smallest absolute Gasteiger partial charge is 0.197 e. The molecule has 0 fully saturated rings. The first-order chi connectivity index (χ1) is 8.09. The maximum atomic E-state index is 13.6. The Kier molecular flexibility index (Phi) is 3.60. The summed E-state index contributed by atoms with van der Waals surface area (Å²) >= 11 is 8.90. The van der Waals surface area contributed by atoms with Crippen LogP contribution in [0.2, 0.25) is 5.02 Å². The number of hydrogen-bond donors (Lipinski definition) is 0. The van der Waals surface area contributed by atoms with Crippen LogP contribution in [0.15, 0.2) is 46.9 Å². The highest BCUT2D eigenvalue weighted by Crippen LogP contribution is 2.22. The van der Waals surface area contributed by atoms with E-state index < -0.39 is 5.82 Å². The van der Waals surface area contributed by atoms with Crippen molar-refractivity contribution < 1.29 is 9.18 Å². The Hall–Kier alpha value is -1.19. The summed E-state index contributed by atoms with van der Waals surface area (Å²) in [4.78, 5) is 12.1. The number of carbonyl (C=O) groups excluding carboxylic acids is 1. The van der Waals surface area contributed by atoms with Gasteiger partial charge >= 0.3 is 0 Å². The van der Waals surface area contributed by atoms with Crippen LogP contribution in [0.1, 0.15) is 15.9 Å². The molecule has 0 saturated heterocycles. The Morgan fingerprint density at radius 3 is 2.47 bits per heavy atom. The highest BCUT2D eigenvalue weighted by molar-refractivity contribution is 9.10. The summed E-state index contributed by atoms with van der Waals surface area (Å²) < 4.78 is 14.2. The summed E-state index contributed by atoms with van der Waals surface area (Å²) in [7, 11) is 0. The molecule has 0 amide bonds. The molecule has 0 radical (unpaired) electrons. The molecule has 0 spiro atoms. The van der Waals surface area contributed by atoms with E-state index in [1.54, 1.807) is 24.3 Å². The second-order valence-corrected chi connectivity index (χ2v) is 4.72. The van der Waals surface area contributed by atoms with E-state index in [4.69, 9.17) is 11.6 Å². The van der Waals surface area contributed by atoms with Gasteiger partial charge < -0.3 is 0 Å². The first-order valence-electron chi connectivity index (χ1n) is 4.84. The van der Waals surface area contributed by atoms with Crippen LogP contribution in [0.25, 0.3) is 0 Å². The van der Waals surface area contributed by atoms with E-state index >= 15 is 0 Å². The molecule has 0 atom stereocenters. The maximum absolute atomic E-state index is 13.6. The molecule has 4 heteroatoms. The van der Waals surface area contributed by atoms with Crippen LogP contribution in [0.4, 0.5) is 4.39 Å². The molecule has 2 aromatic rings. The first kappa shape index (κ1) is 12.3. The van der Waals surface area contributed by atoms with E-state index in [1.807, 2.05) is 0 Å². The van der Waals surface area contributed by atoms with Crippen molar-refractivity contribution in [3.63, 3.8) is 0 Å². The normalized spacial score (nSPS) is 10.3. The van der Waals surface area contributed by atoms with Crippen LogP contribution >= 0.6 is 27.5 Å². The lowest BCUT2D eigenvalue weighted by Gasteiger charge is -2.05. The minimum absolute atomic E-state index is 0.0151. The van der Waals surface area contributed by atoms with E-state index in [-0.39, 0.29) is 16.4 Å². The molecule has 0 heterocycles. The second-order valence-electron chi connectivity index (χ2n) is 3.43. The molecule has 0 aliphatic rings. The van der Waals surface area contributed by atoms with Gasteiger partial charge in [-0.3, -0.25) is 4.79 Å². The van der Waals surface area contributed by atoms with E-state index in [0.717, 1.165) is 6.07 Å². The summed E-state index contributed by atoms with van der Waals surface area (Å²) in [6.45, 7) is 0. The molecule has 1 nitrogen and oxygen atoms in total. The molecule has 2 rings (SSSR count). The number of carbonyl (C=O) groups is 1. The maximum Gasteiger partial charge on any atom is 0.197 e. The molecule has 0 N–H and O–H groups in total. The zero-order valence-corrected chi connectivity index (χ0v) is 10.9. The van der Waals surface area contributed by atoms with Crippen molar-refractivity contribution in [3.8, 4) is 0 Å². The monoisotopic (exact) mass is 312 g/mol. The third-order valence-corrected chi connectivity index (χ3v) is 3.22. The summed E-state index contributed by atoms with van der Waals surface area (Å²) in [6.07, 6.45) is 0. The van der Waals surface area contributed by atoms with Gasteiger partial charge in [0.25, 0.3) is 0 Å². The molecule has 0 aliphatic heterocycles. The summed E-state index contributed by atoms with van der Waals surface area (Å²) in [5.74, 6) is -0.982. The van der Waals surface area contributed by atoms with Gasteiger partial charge in [0.2, 0.25) is 0 Å². The summed E-state index contributed by atoms with van der Waals surface area (Å²) in [5, 5.41) is 0.270. The van der Waals surface area contributed by atoms with Gasteiger partial charge in [-0.1, -0.05) is 39.7 Å². The molecule has 0 aromatic heterocycles. The van der Waals surface area contributed by atoms with Gasteiger partial charge in [-0.25, -0.2) is 4.39 Å². The molecular weight excluding hydrogens is 306 g/mol. The van der Waals surface area contributed by atoms with Crippen molar-refractivity contribution in [1.29, 1.82) is 0 Å². The first-order valence-corrected chi connectivity index (χ1v) is 6.01. The minimum Gasteiger partial charge on any atom is -0.288 e. The molecule has 2 aromatic carbocycles. The number of rotatable bonds is 2. The van der Waals surface area contributed by atoms with E-state index in [9.17, 15) is 9.18 Å². The molecule has 0 aliphatic carbocycles. The van der Waals surface area contributed by atoms with Gasteiger partial charge in [0.15, 0.2) is 5.78 Å². The lowest BCUT2D eigenvalue weighted by Crippen LogP contribution is -2.04. The van der Waals surface area contributed by atoms with Crippen LogP contribution in [0, 0.1) is 5.82 Å². The van der Waals surface area contributed by atoms with Crippen LogP contribution < -0.4 is 0 Å². The Balaban J connectivity index is 2.48. The van der Waals surface area contributed by atoms with Crippen LogP contribution in [-0.2, 0) is 0 Å². The van der Waals surface area contributed by atoms with Crippen molar-refractivity contribution in [2.45, 2.75) is 0 Å². The standard InChI is InChI=1S/C13H7BrClFO/c14-11-4-2-1-3-9(11)13(17)10-6-5-8(15)7-12(10)16/h1-7H. The van der Waals surface area contributed by atoms with Crippen molar-refractivity contribution >= 4 is 33.3 Å². The summed E-state index contributed by atoms with van der Waals surface area (Å²) in [5.41, 5.74) is 0.440. The molecule has 17 heavy (non-hydrogen) atoms. The number of halogens is 3. The topological polar surface area (TPSA) is 17.1 Å². The second kappa shape index (κ2) is 4.98. The van der Waals surface area contributed by atoms with Crippen molar-refractivity contribution in [2.24, 2.45) is 0 Å². The van der Waals surface area contributed by atoms with Gasteiger partial charge in [-0.15, -0.1) is 0 Å². The van der Waals surface area contributed by atoms with E-state index in [2.05, 4.69) is 15.9 Å². The van der Waals surface area contributed by atoms with E-state index in [0.29, 0.717) is 10.0 Å². The lowest BCUT2D eigenvalue weighted by molar-refractivity contribution is 0.103. The predicted octanol–water partition coefficient (Wildman–Crippen LogP) is 4.47. The Labute approximate surface area is 111 Å². The van der Waals surface area contributed by atoms with Gasteiger partial charge in [0.1, 0.15) is 5.82 Å². The zero-order valence-electron chi connectivity index (χ0n) is 8.58. The fraction of sp³-hybridized carbons (Fsp3) is 0. The Bertz CT molecular complexity index is 583. The lowest BCUT2D eigenvalue weighted by atomic mass is 10.0. The molecular formula is C13H7BrClFO. The number of benzene rings is 2. The molecule has 0 bridgehead atoms. The van der Waals surface area contributed by atoms with Crippen LogP contribution in [-0.4, -0.2) is 5.78 Å². The predicted molar refractivity (Wildman–Crippen MR) is 69.0 cm³/mol. The van der Waals surface area contributed by atoms with Gasteiger partial charge in [-0.05, 0) is 30.3 Å². The average Bonchev–Trinajstić information content (AvgIpc) is 2.29. The van der Waals surface area contributed by atoms with Crippen LogP contribution in [0.3, 0.4) is 0 Å². The molecule has 0 unspecified atom stereocenters. The molecule has 0 saturated carbocycles. The van der Waals surface area contributed by atoms with Gasteiger partial charge in [-0.2, -0.15) is 0 Å². The number of hydrogen-bond acceptors (Lipinski definition) is 1. The highest BCUT2D eigenvalue weighted by Gasteiger charge is 2.16. The van der Waals surface area contributed by atoms with Gasteiger partial charge in [0, 0.05) is 15.1 Å². The van der Waals surface area contributed by atoms with E-state index in [1.165, 1.54) is 12.1 Å². The van der Waals surface area contributed by atoms with Crippen LogP contribution in [0.5, 0.6) is 0 Å². The quantitative estimate of drug-likeness (QED) is 0.748. The molecule has 86 valence electrons. The zero-order chi connectivity index (χ0) is 12.4. The number of ketones is 1. The Morgan fingerprint density at radius 2 is 1.82 bits per heavy atom. The summed E-state index contributed by atoms with van der Waals surface area (Å²) in [6, 6.07) is 10.9. The third kappa shape index (κ3) is 2.56. The average molecular weight is 314 g/mol. The van der Waals surface area contributed by atoms with Crippen molar-refractivity contribution in [1.82, 2.24) is 0 Å². The fourth-order valence-electron chi connectivity index (χ4n) is 1.46. The minimum atomic E-state index is -0.613. The van der Waals surface area contributed by atoms with Crippen molar-refractivity contribution in [3.05, 3.63) is 68.9 Å². The van der Waals surface area contributed by atoms with Gasteiger partial charge in [0.05, 0.1) is 5.56 Å². The largest absolute Gasteiger partial charge is 0.288 e. The SMILES string of the molecule is O=C(c1ccc(Cl)cc1F)c1ccccc1Br. The highest BCUT2D eigenvalue weighted by atomic mass is 79.9. The van der Waals surface area contributed by atoms with Crippen molar-refractivity contribution in [2.75, 3.05) is 0 Å². The third-order valence-electron chi connectivity index (χ3n) is 2.29. The Morgan fingerprint density at radius 1 is 1.12 bits per heavy atom.